The Morgan fingerprint density at radius 3 is 2.60 bits per heavy atom. The van der Waals surface area contributed by atoms with Crippen LogP contribution in [0.25, 0.3) is 0 Å². The molecule has 3 rings (SSSR count). The van der Waals surface area contributed by atoms with Gasteiger partial charge in [-0.25, -0.2) is 0 Å². The third-order valence-electron chi connectivity index (χ3n) is 4.90. The summed E-state index contributed by atoms with van der Waals surface area (Å²) < 4.78 is 5.67. The zero-order valence-electron chi connectivity index (χ0n) is 14.4. The van der Waals surface area contributed by atoms with E-state index in [4.69, 9.17) is 16.2 Å². The van der Waals surface area contributed by atoms with E-state index in [9.17, 15) is 9.59 Å². The number of amides is 2. The van der Waals surface area contributed by atoms with Crippen molar-refractivity contribution in [3.05, 3.63) is 23.8 Å². The molecule has 0 spiro atoms. The van der Waals surface area contributed by atoms with E-state index in [1.54, 1.807) is 12.1 Å². The van der Waals surface area contributed by atoms with Crippen LogP contribution in [0.1, 0.15) is 42.5 Å². The number of carbonyl (C=O) groups is 2. The molecule has 0 aliphatic carbocycles. The van der Waals surface area contributed by atoms with Gasteiger partial charge in [0.05, 0.1) is 17.5 Å². The number of ether oxygens (including phenoxy) is 1. The zero-order valence-corrected chi connectivity index (χ0v) is 14.4. The molecule has 1 aromatic rings. The number of benzene rings is 1. The monoisotopic (exact) mass is 346 g/mol. The summed E-state index contributed by atoms with van der Waals surface area (Å²) in [5, 5.41) is 2.94. The smallest absolute Gasteiger partial charge is 0.253 e. The van der Waals surface area contributed by atoms with Crippen LogP contribution < -0.4 is 21.7 Å². The molecule has 5 N–H and O–H groups in total. The minimum Gasteiger partial charge on any atom is -0.370 e. The lowest BCUT2D eigenvalue weighted by Gasteiger charge is -2.31. The van der Waals surface area contributed by atoms with Crippen LogP contribution in [-0.4, -0.2) is 43.7 Å². The summed E-state index contributed by atoms with van der Waals surface area (Å²) in [5.74, 6) is -0.711. The molecular weight excluding hydrogens is 320 g/mol. The number of nitrogens with one attached hydrogen (secondary N) is 1. The second-order valence-corrected chi connectivity index (χ2v) is 6.69. The number of primary amides is 1. The van der Waals surface area contributed by atoms with Crippen molar-refractivity contribution >= 4 is 23.2 Å². The van der Waals surface area contributed by atoms with Gasteiger partial charge in [-0.05, 0) is 50.3 Å². The highest BCUT2D eigenvalue weighted by atomic mass is 16.5. The van der Waals surface area contributed by atoms with E-state index in [0.29, 0.717) is 24.2 Å². The lowest BCUT2D eigenvalue weighted by molar-refractivity contribution is -0.126. The molecule has 2 saturated heterocycles. The number of nitrogens with two attached hydrogens (primary N) is 2. The predicted molar refractivity (Wildman–Crippen MR) is 96.6 cm³/mol. The van der Waals surface area contributed by atoms with Crippen molar-refractivity contribution in [3.63, 3.8) is 0 Å². The van der Waals surface area contributed by atoms with Crippen LogP contribution in [0.3, 0.4) is 0 Å². The van der Waals surface area contributed by atoms with Crippen molar-refractivity contribution in [2.24, 2.45) is 11.5 Å². The van der Waals surface area contributed by atoms with Crippen molar-refractivity contribution < 1.29 is 14.3 Å². The van der Waals surface area contributed by atoms with E-state index in [2.05, 4.69) is 10.2 Å². The van der Waals surface area contributed by atoms with Crippen LogP contribution in [0.15, 0.2) is 18.2 Å². The van der Waals surface area contributed by atoms with Crippen molar-refractivity contribution in [3.8, 4) is 0 Å². The molecule has 0 aromatic heterocycles. The highest BCUT2D eigenvalue weighted by molar-refractivity contribution is 6.00. The third-order valence-corrected chi connectivity index (χ3v) is 4.90. The van der Waals surface area contributed by atoms with E-state index in [-0.39, 0.29) is 12.0 Å². The maximum Gasteiger partial charge on any atom is 0.253 e. The minimum atomic E-state index is -0.513. The molecule has 0 saturated carbocycles. The topological polar surface area (TPSA) is 111 Å². The van der Waals surface area contributed by atoms with Crippen molar-refractivity contribution in [2.75, 3.05) is 29.9 Å². The summed E-state index contributed by atoms with van der Waals surface area (Å²) in [7, 11) is 0. The van der Waals surface area contributed by atoms with Gasteiger partial charge in [0.25, 0.3) is 5.91 Å². The van der Waals surface area contributed by atoms with Crippen LogP contribution in [-0.2, 0) is 9.53 Å². The first-order valence-corrected chi connectivity index (χ1v) is 8.93. The molecule has 0 unspecified atom stereocenters. The fourth-order valence-electron chi connectivity index (χ4n) is 3.49. The van der Waals surface area contributed by atoms with Gasteiger partial charge in [0.15, 0.2) is 0 Å². The van der Waals surface area contributed by atoms with E-state index in [1.807, 2.05) is 6.07 Å². The van der Waals surface area contributed by atoms with Gasteiger partial charge < -0.3 is 26.4 Å². The van der Waals surface area contributed by atoms with Crippen molar-refractivity contribution in [1.29, 1.82) is 0 Å². The average molecular weight is 346 g/mol. The first-order valence-electron chi connectivity index (χ1n) is 8.93. The molecule has 25 heavy (non-hydrogen) atoms. The second-order valence-electron chi connectivity index (χ2n) is 6.69. The lowest BCUT2D eigenvalue weighted by Crippen LogP contribution is -2.33. The molecule has 2 fully saturated rings. The first-order chi connectivity index (χ1) is 12.1. The van der Waals surface area contributed by atoms with E-state index >= 15 is 0 Å². The fraction of sp³-hybridized carbons (Fsp3) is 0.556. The van der Waals surface area contributed by atoms with E-state index in [1.165, 1.54) is 6.42 Å². The Kier molecular flexibility index (Phi) is 5.55. The van der Waals surface area contributed by atoms with Crippen LogP contribution in [0.4, 0.5) is 11.4 Å². The predicted octanol–water partition coefficient (Wildman–Crippen LogP) is 1.22. The summed E-state index contributed by atoms with van der Waals surface area (Å²) >= 11 is 0. The van der Waals surface area contributed by atoms with E-state index < -0.39 is 12.0 Å². The number of hydrogen-bond donors (Lipinski definition) is 3. The van der Waals surface area contributed by atoms with Crippen LogP contribution in [0, 0.1) is 0 Å². The Labute approximate surface area is 147 Å². The molecule has 0 radical (unpaired) electrons. The molecule has 7 heteroatoms. The molecule has 136 valence electrons. The molecule has 2 amide bonds. The molecule has 0 bridgehead atoms. The quantitative estimate of drug-likeness (QED) is 0.742. The molecule has 7 nitrogen and oxygen atoms in total. The Morgan fingerprint density at radius 1 is 1.20 bits per heavy atom. The summed E-state index contributed by atoms with van der Waals surface area (Å²) in [6, 6.07) is 5.22. The molecule has 2 aliphatic rings. The van der Waals surface area contributed by atoms with Crippen LogP contribution in [0.2, 0.25) is 0 Å². The summed E-state index contributed by atoms with van der Waals surface area (Å²) in [6.45, 7) is 2.29. The van der Waals surface area contributed by atoms with Gasteiger partial charge in [-0.1, -0.05) is 0 Å². The Hall–Kier alpha value is -2.12. The van der Waals surface area contributed by atoms with Crippen LogP contribution >= 0.6 is 0 Å². The molecule has 2 aliphatic heterocycles. The second kappa shape index (κ2) is 7.84. The van der Waals surface area contributed by atoms with Crippen LogP contribution in [0.5, 0.6) is 0 Å². The van der Waals surface area contributed by atoms with Gasteiger partial charge >= 0.3 is 0 Å². The zero-order chi connectivity index (χ0) is 17.8. The van der Waals surface area contributed by atoms with Crippen molar-refractivity contribution in [1.82, 2.24) is 0 Å². The Morgan fingerprint density at radius 2 is 1.96 bits per heavy atom. The molecule has 2 atom stereocenters. The maximum atomic E-state index is 12.6. The van der Waals surface area contributed by atoms with Gasteiger partial charge in [-0.15, -0.1) is 0 Å². The van der Waals surface area contributed by atoms with Gasteiger partial charge in [0.1, 0.15) is 6.10 Å². The number of hydrogen-bond acceptors (Lipinski definition) is 5. The number of piperidine rings is 1. The highest BCUT2D eigenvalue weighted by Gasteiger charge is 2.30. The summed E-state index contributed by atoms with van der Waals surface area (Å²) in [6.07, 6.45) is 4.34. The maximum absolute atomic E-state index is 12.6. The molecular formula is C18H26N4O3. The molecule has 1 aromatic carbocycles. The normalized spacial score (nSPS) is 23.5. The van der Waals surface area contributed by atoms with Crippen molar-refractivity contribution in [2.45, 2.75) is 44.3 Å². The van der Waals surface area contributed by atoms with E-state index in [0.717, 1.165) is 38.0 Å². The lowest BCUT2D eigenvalue weighted by atomic mass is 10.1. The van der Waals surface area contributed by atoms with Gasteiger partial charge in [0.2, 0.25) is 5.91 Å². The van der Waals surface area contributed by atoms with Gasteiger partial charge in [0, 0.05) is 25.2 Å². The summed E-state index contributed by atoms with van der Waals surface area (Å²) in [5.41, 5.74) is 12.9. The number of nitrogens with zero attached hydrogens (tertiary/aromatic N) is 1. The largest absolute Gasteiger partial charge is 0.370 e. The number of rotatable bonds is 5. The summed E-state index contributed by atoms with van der Waals surface area (Å²) in [4.78, 5) is 26.3. The molecule has 2 heterocycles. The standard InChI is InChI=1S/C18H26N4O3/c19-11-13-5-7-16(25-13)18(24)21-14-10-12(17(20)23)4-6-15(14)22-8-2-1-3-9-22/h4,6,10,13,16H,1-3,5,7-9,11,19H2,(H2,20,23)(H,21,24)/t13-,16+/m1/s1. The van der Waals surface area contributed by atoms with Gasteiger partial charge in [-0.3, -0.25) is 9.59 Å². The Balaban J connectivity index is 1.80. The van der Waals surface area contributed by atoms with Gasteiger partial charge in [-0.2, -0.15) is 0 Å². The SMILES string of the molecule is NC[C@H]1CC[C@@H](C(=O)Nc2cc(C(N)=O)ccc2N2CCCCC2)O1. The average Bonchev–Trinajstić information content (AvgIpc) is 3.11. The number of anilines is 2. The number of carbonyl (C=O) groups excluding carboxylic acids is 2. The highest BCUT2D eigenvalue weighted by Crippen LogP contribution is 2.30. The first kappa shape index (κ1) is 17.7. The minimum absolute atomic E-state index is 0.0609. The Bertz CT molecular complexity index is 643. The fourth-order valence-corrected chi connectivity index (χ4v) is 3.49. The third kappa shape index (κ3) is 4.11.